The van der Waals surface area contributed by atoms with Crippen LogP contribution in [-0.4, -0.2) is 31.8 Å². The molecule has 1 fully saturated rings. The molecule has 1 unspecified atom stereocenters. The van der Waals surface area contributed by atoms with Crippen LogP contribution in [0, 0.1) is 5.92 Å². The quantitative estimate of drug-likeness (QED) is 0.718. The molecule has 0 bridgehead atoms. The number of hydrogen-bond donors (Lipinski definition) is 2. The molecule has 0 heterocycles. The van der Waals surface area contributed by atoms with Gasteiger partial charge >= 0.3 is 0 Å². The van der Waals surface area contributed by atoms with E-state index >= 15 is 0 Å². The molecule has 1 aliphatic rings. The summed E-state index contributed by atoms with van der Waals surface area (Å²) >= 11 is 0. The lowest BCUT2D eigenvalue weighted by Gasteiger charge is -2.23. The van der Waals surface area contributed by atoms with E-state index in [4.69, 9.17) is 15.2 Å². The lowest BCUT2D eigenvalue weighted by Crippen LogP contribution is -2.50. The first-order chi connectivity index (χ1) is 10.0. The molecule has 0 spiro atoms. The minimum Gasteiger partial charge on any atom is -0.382 e. The number of anilines is 1. The van der Waals surface area contributed by atoms with Crippen molar-refractivity contribution >= 4 is 11.6 Å². The Morgan fingerprint density at radius 3 is 2.86 bits per heavy atom. The molecule has 1 atom stereocenters. The number of methoxy groups -OCH3 is 1. The van der Waals surface area contributed by atoms with Gasteiger partial charge in [0, 0.05) is 12.8 Å². The fourth-order valence-electron chi connectivity index (χ4n) is 2.21. The second kappa shape index (κ2) is 7.02. The van der Waals surface area contributed by atoms with Gasteiger partial charge in [-0.05, 0) is 43.4 Å². The van der Waals surface area contributed by atoms with Gasteiger partial charge in [0.25, 0.3) is 0 Å². The van der Waals surface area contributed by atoms with Gasteiger partial charge < -0.3 is 20.5 Å². The van der Waals surface area contributed by atoms with Crippen LogP contribution in [0.5, 0.6) is 0 Å². The normalized spacial score (nSPS) is 17.3. The first kappa shape index (κ1) is 15.9. The summed E-state index contributed by atoms with van der Waals surface area (Å²) in [6, 6.07) is 7.63. The molecule has 21 heavy (non-hydrogen) atoms. The maximum absolute atomic E-state index is 12.2. The van der Waals surface area contributed by atoms with Crippen molar-refractivity contribution in [3.63, 3.8) is 0 Å². The van der Waals surface area contributed by atoms with Gasteiger partial charge in [0.05, 0.1) is 25.4 Å². The van der Waals surface area contributed by atoms with Gasteiger partial charge in [-0.3, -0.25) is 4.79 Å². The number of benzene rings is 1. The van der Waals surface area contributed by atoms with E-state index in [-0.39, 0.29) is 5.91 Å². The van der Waals surface area contributed by atoms with Crippen molar-refractivity contribution in [2.45, 2.75) is 31.9 Å². The number of carbonyl (C=O) groups excluding carboxylic acids is 1. The number of amides is 1. The van der Waals surface area contributed by atoms with Gasteiger partial charge in [-0.1, -0.05) is 12.1 Å². The molecule has 0 radical (unpaired) electrons. The third-order valence-corrected chi connectivity index (χ3v) is 3.80. The van der Waals surface area contributed by atoms with E-state index in [1.807, 2.05) is 24.3 Å². The van der Waals surface area contributed by atoms with Crippen molar-refractivity contribution in [3.05, 3.63) is 29.8 Å². The molecule has 1 saturated carbocycles. The van der Waals surface area contributed by atoms with E-state index < -0.39 is 5.54 Å². The fraction of sp³-hybridized carbons (Fsp3) is 0.562. The van der Waals surface area contributed by atoms with Crippen molar-refractivity contribution in [1.29, 1.82) is 0 Å². The number of hydrogen-bond acceptors (Lipinski definition) is 4. The number of ether oxygens (including phenoxy) is 2. The molecule has 116 valence electrons. The zero-order valence-electron chi connectivity index (χ0n) is 12.7. The van der Waals surface area contributed by atoms with Crippen LogP contribution >= 0.6 is 0 Å². The van der Waals surface area contributed by atoms with Crippen LogP contribution in [-0.2, 0) is 20.9 Å². The average Bonchev–Trinajstić information content (AvgIpc) is 3.29. The fourth-order valence-corrected chi connectivity index (χ4v) is 2.21. The van der Waals surface area contributed by atoms with E-state index in [9.17, 15) is 4.79 Å². The molecule has 1 amide bonds. The SMILES string of the molecule is COCCOCc1cccc(NC(=O)C(C)(N)C2CC2)c1. The van der Waals surface area contributed by atoms with Crippen LogP contribution in [0.1, 0.15) is 25.3 Å². The van der Waals surface area contributed by atoms with Crippen molar-refractivity contribution in [2.75, 3.05) is 25.6 Å². The standard InChI is InChI=1S/C16H24N2O3/c1-16(17,13-6-7-13)15(19)18-14-5-3-4-12(10-14)11-21-9-8-20-2/h3-5,10,13H,6-9,11,17H2,1-2H3,(H,18,19). The Bertz CT molecular complexity index is 484. The third-order valence-electron chi connectivity index (χ3n) is 3.80. The summed E-state index contributed by atoms with van der Waals surface area (Å²) in [6.45, 7) is 3.42. The van der Waals surface area contributed by atoms with Crippen LogP contribution in [0.25, 0.3) is 0 Å². The van der Waals surface area contributed by atoms with Crippen molar-refractivity contribution < 1.29 is 14.3 Å². The van der Waals surface area contributed by atoms with Crippen molar-refractivity contribution in [3.8, 4) is 0 Å². The Labute approximate surface area is 125 Å². The van der Waals surface area contributed by atoms with Crippen LogP contribution in [0.15, 0.2) is 24.3 Å². The molecule has 0 aromatic heterocycles. The summed E-state index contributed by atoms with van der Waals surface area (Å²) in [5.74, 6) is 0.181. The summed E-state index contributed by atoms with van der Waals surface area (Å²) in [6.07, 6.45) is 2.07. The molecular formula is C16H24N2O3. The minimum atomic E-state index is -0.787. The van der Waals surface area contributed by atoms with Gasteiger partial charge in [-0.2, -0.15) is 0 Å². The molecule has 5 heteroatoms. The molecule has 3 N–H and O–H groups in total. The van der Waals surface area contributed by atoms with E-state index in [0.717, 1.165) is 24.1 Å². The van der Waals surface area contributed by atoms with Gasteiger partial charge in [-0.25, -0.2) is 0 Å². The predicted molar refractivity (Wildman–Crippen MR) is 81.9 cm³/mol. The molecule has 5 nitrogen and oxygen atoms in total. The average molecular weight is 292 g/mol. The van der Waals surface area contributed by atoms with E-state index in [0.29, 0.717) is 25.7 Å². The topological polar surface area (TPSA) is 73.6 Å². The Hall–Kier alpha value is -1.43. The number of rotatable bonds is 8. The summed E-state index contributed by atoms with van der Waals surface area (Å²) in [4.78, 5) is 12.2. The molecule has 1 aromatic carbocycles. The lowest BCUT2D eigenvalue weighted by molar-refractivity contribution is -0.121. The highest BCUT2D eigenvalue weighted by Gasteiger charge is 2.44. The molecule has 1 aromatic rings. The first-order valence-corrected chi connectivity index (χ1v) is 7.30. The summed E-state index contributed by atoms with van der Waals surface area (Å²) in [7, 11) is 1.64. The summed E-state index contributed by atoms with van der Waals surface area (Å²) in [5.41, 5.74) is 7.09. The molecule has 1 aliphatic carbocycles. The van der Waals surface area contributed by atoms with Gasteiger partial charge in [0.1, 0.15) is 0 Å². The Kier molecular flexibility index (Phi) is 5.33. The molecule has 0 saturated heterocycles. The van der Waals surface area contributed by atoms with E-state index in [2.05, 4.69) is 5.32 Å². The number of nitrogens with two attached hydrogens (primary N) is 1. The Morgan fingerprint density at radius 1 is 1.43 bits per heavy atom. The van der Waals surface area contributed by atoms with E-state index in [1.54, 1.807) is 14.0 Å². The van der Waals surface area contributed by atoms with Gasteiger partial charge in [-0.15, -0.1) is 0 Å². The smallest absolute Gasteiger partial charge is 0.244 e. The second-order valence-corrected chi connectivity index (χ2v) is 5.76. The number of nitrogens with one attached hydrogen (secondary N) is 1. The highest BCUT2D eigenvalue weighted by molar-refractivity contribution is 5.98. The Balaban J connectivity index is 1.89. The highest BCUT2D eigenvalue weighted by atomic mass is 16.5. The maximum Gasteiger partial charge on any atom is 0.244 e. The molecule has 0 aliphatic heterocycles. The molecular weight excluding hydrogens is 268 g/mol. The molecule has 2 rings (SSSR count). The van der Waals surface area contributed by atoms with Crippen LogP contribution in [0.2, 0.25) is 0 Å². The second-order valence-electron chi connectivity index (χ2n) is 5.76. The largest absolute Gasteiger partial charge is 0.382 e. The minimum absolute atomic E-state index is 0.123. The third kappa shape index (κ3) is 4.52. The highest BCUT2D eigenvalue weighted by Crippen LogP contribution is 2.38. The van der Waals surface area contributed by atoms with Crippen molar-refractivity contribution in [2.24, 2.45) is 11.7 Å². The van der Waals surface area contributed by atoms with Crippen LogP contribution in [0.4, 0.5) is 5.69 Å². The van der Waals surface area contributed by atoms with Gasteiger partial charge in [0.15, 0.2) is 0 Å². The first-order valence-electron chi connectivity index (χ1n) is 7.30. The zero-order chi connectivity index (χ0) is 15.3. The van der Waals surface area contributed by atoms with Crippen molar-refractivity contribution in [1.82, 2.24) is 0 Å². The zero-order valence-corrected chi connectivity index (χ0v) is 12.7. The van der Waals surface area contributed by atoms with Gasteiger partial charge in [0.2, 0.25) is 5.91 Å². The summed E-state index contributed by atoms with van der Waals surface area (Å²) < 4.78 is 10.4. The van der Waals surface area contributed by atoms with Crippen LogP contribution < -0.4 is 11.1 Å². The summed E-state index contributed by atoms with van der Waals surface area (Å²) in [5, 5.41) is 2.90. The van der Waals surface area contributed by atoms with E-state index in [1.165, 1.54) is 0 Å². The lowest BCUT2D eigenvalue weighted by atomic mass is 9.96. The maximum atomic E-state index is 12.2. The predicted octanol–water partition coefficient (Wildman–Crippen LogP) is 1.92. The Morgan fingerprint density at radius 2 is 2.19 bits per heavy atom. The monoisotopic (exact) mass is 292 g/mol. The number of carbonyl (C=O) groups is 1. The van der Waals surface area contributed by atoms with Crippen LogP contribution in [0.3, 0.4) is 0 Å².